The molecule has 0 fully saturated rings. The second-order valence-electron chi connectivity index (χ2n) is 14.1. The first-order valence-electron chi connectivity index (χ1n) is 14.9. The number of nitrogens with zero attached hydrogens (tertiary/aromatic N) is 1. The summed E-state index contributed by atoms with van der Waals surface area (Å²) < 4.78 is 23.5. The molecule has 0 heterocycles. The van der Waals surface area contributed by atoms with Crippen LogP contribution in [0.3, 0.4) is 0 Å². The van der Waals surface area contributed by atoms with Gasteiger partial charge in [0.2, 0.25) is 0 Å². The minimum atomic E-state index is -1.25. The quantitative estimate of drug-likeness (QED) is 0.149. The van der Waals surface area contributed by atoms with E-state index in [0.29, 0.717) is 31.2 Å². The number of benzene rings is 2. The van der Waals surface area contributed by atoms with Crippen molar-refractivity contribution in [3.63, 3.8) is 0 Å². The number of halogens is 2. The van der Waals surface area contributed by atoms with Gasteiger partial charge in [0.15, 0.2) is 0 Å². The smallest absolute Gasteiger partial charge is 0.408 e. The largest absolute Gasteiger partial charge is 0.460 e. The van der Waals surface area contributed by atoms with Crippen LogP contribution < -0.4 is 10.1 Å². The van der Waals surface area contributed by atoms with Gasteiger partial charge in [0.25, 0.3) is 5.91 Å². The molecule has 2 atom stereocenters. The Bertz CT molecular complexity index is 1410. The number of alkyl carbamates (subject to hydrolysis) is 1. The van der Waals surface area contributed by atoms with Crippen LogP contribution in [0.4, 0.5) is 4.79 Å². The lowest BCUT2D eigenvalue weighted by molar-refractivity contribution is -0.162. The highest BCUT2D eigenvalue weighted by molar-refractivity contribution is 14.1. The van der Waals surface area contributed by atoms with Crippen LogP contribution >= 0.6 is 34.2 Å². The fourth-order valence-corrected chi connectivity index (χ4v) is 5.02. The Morgan fingerprint density at radius 3 is 1.83 bits per heavy atom. The average molecular weight is 773 g/mol. The van der Waals surface area contributed by atoms with E-state index >= 15 is 0 Å². The Morgan fingerprint density at radius 2 is 1.33 bits per heavy atom. The molecule has 2 aromatic rings. The van der Waals surface area contributed by atoms with Crippen molar-refractivity contribution in [2.45, 2.75) is 98.0 Å². The fraction of sp³-hybridized carbons (Fsp3) is 0.529. The van der Waals surface area contributed by atoms with E-state index in [1.54, 1.807) is 113 Å². The highest BCUT2D eigenvalue weighted by Gasteiger charge is 2.36. The van der Waals surface area contributed by atoms with Gasteiger partial charge in [0.05, 0.1) is 11.5 Å². The van der Waals surface area contributed by atoms with Crippen LogP contribution in [-0.4, -0.2) is 65.8 Å². The molecule has 2 rings (SSSR count). The van der Waals surface area contributed by atoms with Crippen molar-refractivity contribution in [1.82, 2.24) is 10.2 Å². The van der Waals surface area contributed by atoms with Crippen molar-refractivity contribution in [2.75, 3.05) is 14.1 Å². The fourth-order valence-electron chi connectivity index (χ4n) is 4.13. The first-order valence-corrected chi connectivity index (χ1v) is 16.3. The maximum Gasteiger partial charge on any atom is 0.408 e. The normalized spacial score (nSPS) is 13.2. The van der Waals surface area contributed by atoms with Crippen molar-refractivity contribution in [1.29, 1.82) is 0 Å². The summed E-state index contributed by atoms with van der Waals surface area (Å²) in [5.74, 6) is -1.68. The molecule has 1 unspecified atom stereocenters. The van der Waals surface area contributed by atoms with Crippen molar-refractivity contribution in [3.8, 4) is 11.5 Å². The molecule has 12 heteroatoms. The molecule has 0 aliphatic heterocycles. The lowest BCUT2D eigenvalue weighted by atomic mass is 9.91. The molecule has 0 saturated heterocycles. The van der Waals surface area contributed by atoms with E-state index in [9.17, 15) is 19.2 Å². The van der Waals surface area contributed by atoms with Crippen LogP contribution in [-0.2, 0) is 30.2 Å². The number of ether oxygens (including phenoxy) is 4. The second-order valence-corrected chi connectivity index (χ2v) is 15.6. The Morgan fingerprint density at radius 1 is 0.804 bits per heavy atom. The van der Waals surface area contributed by atoms with Gasteiger partial charge in [0, 0.05) is 22.7 Å². The predicted molar refractivity (Wildman–Crippen MR) is 185 cm³/mol. The minimum absolute atomic E-state index is 0.0496. The number of rotatable bonds is 10. The molecule has 0 aromatic heterocycles. The molecule has 46 heavy (non-hydrogen) atoms. The number of carbonyl (C=O) groups excluding carboxylic acids is 4. The summed E-state index contributed by atoms with van der Waals surface area (Å²) in [6, 6.07) is 8.89. The number of hydrogen-bond acceptors (Lipinski definition) is 8. The molecule has 2 amide bonds. The van der Waals surface area contributed by atoms with Gasteiger partial charge in [-0.25, -0.2) is 9.59 Å². The molecule has 0 aliphatic carbocycles. The molecular formula is C34H46ClIN2O8. The van der Waals surface area contributed by atoms with Crippen molar-refractivity contribution < 1.29 is 38.1 Å². The summed E-state index contributed by atoms with van der Waals surface area (Å²) in [5.41, 5.74) is -1.56. The third kappa shape index (κ3) is 13.4. The van der Waals surface area contributed by atoms with Crippen LogP contribution in [0.15, 0.2) is 36.4 Å². The molecule has 0 radical (unpaired) electrons. The molecule has 0 bridgehead atoms. The van der Waals surface area contributed by atoms with Crippen molar-refractivity contribution in [3.05, 3.63) is 56.1 Å². The van der Waals surface area contributed by atoms with Gasteiger partial charge < -0.3 is 29.2 Å². The van der Waals surface area contributed by atoms with Crippen LogP contribution in [0, 0.1) is 9.49 Å². The average Bonchev–Trinajstić information content (AvgIpc) is 2.87. The van der Waals surface area contributed by atoms with Crippen molar-refractivity contribution >= 4 is 58.1 Å². The van der Waals surface area contributed by atoms with Gasteiger partial charge in [0.1, 0.15) is 34.3 Å². The highest BCUT2D eigenvalue weighted by Crippen LogP contribution is 2.32. The molecular weight excluding hydrogens is 727 g/mol. The topological polar surface area (TPSA) is 120 Å². The first-order chi connectivity index (χ1) is 20.9. The van der Waals surface area contributed by atoms with Gasteiger partial charge >= 0.3 is 18.0 Å². The van der Waals surface area contributed by atoms with E-state index < -0.39 is 46.8 Å². The molecule has 10 nitrogen and oxygen atoms in total. The summed E-state index contributed by atoms with van der Waals surface area (Å²) in [6.07, 6.45) is -0.954. The van der Waals surface area contributed by atoms with Crippen LogP contribution in [0.2, 0.25) is 5.02 Å². The van der Waals surface area contributed by atoms with Crippen LogP contribution in [0.5, 0.6) is 11.5 Å². The summed E-state index contributed by atoms with van der Waals surface area (Å²) in [5, 5.41) is 3.14. The van der Waals surface area contributed by atoms with Gasteiger partial charge in [-0.3, -0.25) is 9.59 Å². The summed E-state index contributed by atoms with van der Waals surface area (Å²) in [6.45, 7) is 15.4. The molecule has 0 spiro atoms. The monoisotopic (exact) mass is 772 g/mol. The van der Waals surface area contributed by atoms with Crippen LogP contribution in [0.25, 0.3) is 0 Å². The maximum absolute atomic E-state index is 13.7. The Hall–Kier alpha value is -3.06. The van der Waals surface area contributed by atoms with Crippen molar-refractivity contribution in [2.24, 2.45) is 5.92 Å². The first kappa shape index (κ1) is 39.1. The molecule has 0 saturated carbocycles. The lowest BCUT2D eigenvalue weighted by Gasteiger charge is -2.29. The number of hydrogen-bond donors (Lipinski definition) is 1. The zero-order valence-electron chi connectivity index (χ0n) is 28.5. The minimum Gasteiger partial charge on any atom is -0.460 e. The van der Waals surface area contributed by atoms with Gasteiger partial charge in [-0.1, -0.05) is 11.6 Å². The third-order valence-corrected chi connectivity index (χ3v) is 7.44. The predicted octanol–water partition coefficient (Wildman–Crippen LogP) is 7.56. The summed E-state index contributed by atoms with van der Waals surface area (Å²) in [7, 11) is 3.28. The Kier molecular flexibility index (Phi) is 13.3. The Balaban J connectivity index is 2.63. The highest BCUT2D eigenvalue weighted by atomic mass is 127. The van der Waals surface area contributed by atoms with E-state index in [2.05, 4.69) is 27.9 Å². The maximum atomic E-state index is 13.7. The SMILES string of the molecule is CN(C)C(=O)c1cc(Oc2ccc(Cl)cc2)cc(CC(C[C@H](NC(=O)OC(C)(C)C)C(=O)OC(C)(C)C)C(=O)OC(C)(C)C)c1I. The molecule has 1 N–H and O–H groups in total. The van der Waals surface area contributed by atoms with E-state index in [-0.39, 0.29) is 18.7 Å². The zero-order valence-corrected chi connectivity index (χ0v) is 31.4. The zero-order chi connectivity index (χ0) is 35.2. The van der Waals surface area contributed by atoms with E-state index in [0.717, 1.165) is 0 Å². The number of carbonyl (C=O) groups is 4. The van der Waals surface area contributed by atoms with Gasteiger partial charge in [-0.15, -0.1) is 0 Å². The molecule has 2 aromatic carbocycles. The number of esters is 2. The molecule has 0 aliphatic rings. The number of amides is 2. The van der Waals surface area contributed by atoms with Gasteiger partial charge in [-0.05, 0) is 140 Å². The van der Waals surface area contributed by atoms with E-state index in [1.807, 2.05) is 0 Å². The van der Waals surface area contributed by atoms with Crippen LogP contribution in [0.1, 0.15) is 84.7 Å². The molecule has 254 valence electrons. The Labute approximate surface area is 290 Å². The standard InChI is InChI=1S/C34H46ClIN2O8/c1-32(2,3)44-29(40)21(18-26(30(41)45-33(4,5)6)37-31(42)46-34(7,8)9)16-20-17-24(43-23-14-12-22(35)13-15-23)19-25(27(20)36)28(39)38(10)11/h12-15,17,19,21,26H,16,18H2,1-11H3,(H,37,42)/t21?,26-/m0/s1. The summed E-state index contributed by atoms with van der Waals surface area (Å²) in [4.78, 5) is 54.6. The summed E-state index contributed by atoms with van der Waals surface area (Å²) >= 11 is 8.11. The number of nitrogens with one attached hydrogen (secondary N) is 1. The second kappa shape index (κ2) is 15.7. The van der Waals surface area contributed by atoms with E-state index in [1.165, 1.54) is 4.90 Å². The third-order valence-electron chi connectivity index (χ3n) is 5.92. The van der Waals surface area contributed by atoms with E-state index in [4.69, 9.17) is 30.5 Å². The lowest BCUT2D eigenvalue weighted by Crippen LogP contribution is -2.48. The van der Waals surface area contributed by atoms with Gasteiger partial charge in [-0.2, -0.15) is 0 Å².